The molecule has 2 heterocycles. The van der Waals surface area contributed by atoms with Gasteiger partial charge in [0.15, 0.2) is 0 Å². The molecule has 2 rings (SSSR count). The number of hydrogen-bond acceptors (Lipinski definition) is 15. The van der Waals surface area contributed by atoms with E-state index in [0.29, 0.717) is 24.4 Å². The second-order valence-electron chi connectivity index (χ2n) is 13.2. The summed E-state index contributed by atoms with van der Waals surface area (Å²) in [4.78, 5) is 72.5. The summed E-state index contributed by atoms with van der Waals surface area (Å²) in [5.74, 6) is -3.68. The maximum absolute atomic E-state index is 12.6. The molecule has 1 aromatic heterocycles. The third-order valence-electron chi connectivity index (χ3n) is 8.86. The maximum Gasteiger partial charge on any atom is 0.320 e. The average molecular weight is 827 g/mol. The number of carbonyl (C=O) groups excluding carboxylic acids is 3. The SMILES string of the molecule is O=C(CCCN1CCN(C(CCC(=O)NCC(O)CO)C(=O)O)Cc2cccc(n2)CN(C(CCC(=O)NCC(O)CO)C(=O)O)CC1)NCC(O)CO.[Mn]. The zero-order chi connectivity index (χ0) is 40.0. The van der Waals surface area contributed by atoms with Gasteiger partial charge in [0.05, 0.1) is 49.5 Å². The van der Waals surface area contributed by atoms with Gasteiger partial charge in [-0.2, -0.15) is 0 Å². The summed E-state index contributed by atoms with van der Waals surface area (Å²) in [5, 5.41) is 83.7. The van der Waals surface area contributed by atoms with Crippen molar-refractivity contribution in [3.63, 3.8) is 0 Å². The number of carboxylic acids is 2. The first-order valence-corrected chi connectivity index (χ1v) is 18.0. The Balaban J connectivity index is 0.0000151. The van der Waals surface area contributed by atoms with Gasteiger partial charge in [-0.1, -0.05) is 6.07 Å². The summed E-state index contributed by atoms with van der Waals surface area (Å²) >= 11 is 0. The van der Waals surface area contributed by atoms with Crippen molar-refractivity contribution in [1.29, 1.82) is 0 Å². The maximum atomic E-state index is 12.6. The molecule has 1 aliphatic heterocycles. The van der Waals surface area contributed by atoms with E-state index in [4.69, 9.17) is 20.3 Å². The molecule has 0 aromatic carbocycles. The van der Waals surface area contributed by atoms with Crippen LogP contribution in [0.3, 0.4) is 0 Å². The van der Waals surface area contributed by atoms with Crippen LogP contribution < -0.4 is 16.0 Å². The van der Waals surface area contributed by atoms with Crippen molar-refractivity contribution in [2.24, 2.45) is 0 Å². The number of nitrogens with one attached hydrogen (secondary N) is 3. The quantitative estimate of drug-likeness (QED) is 0.0465. The summed E-state index contributed by atoms with van der Waals surface area (Å²) in [6.45, 7) is -0.678. The van der Waals surface area contributed by atoms with E-state index in [-0.39, 0.29) is 114 Å². The van der Waals surface area contributed by atoms with Crippen LogP contribution in [0.2, 0.25) is 0 Å². The van der Waals surface area contributed by atoms with Gasteiger partial charge in [0, 0.05) is 95.2 Å². The van der Waals surface area contributed by atoms with E-state index in [2.05, 4.69) is 16.0 Å². The number of aliphatic carboxylic acids is 2. The van der Waals surface area contributed by atoms with Gasteiger partial charge in [0.2, 0.25) is 17.7 Å². The van der Waals surface area contributed by atoms with E-state index in [1.807, 2.05) is 4.90 Å². The monoisotopic (exact) mass is 826 g/mol. The van der Waals surface area contributed by atoms with E-state index in [1.165, 1.54) is 0 Å². The summed E-state index contributed by atoms with van der Waals surface area (Å²) < 4.78 is 0. The second kappa shape index (κ2) is 27.3. The van der Waals surface area contributed by atoms with E-state index in [9.17, 15) is 49.5 Å². The second-order valence-corrected chi connectivity index (χ2v) is 13.2. The molecule has 5 unspecified atom stereocenters. The first kappa shape index (κ1) is 49.7. The van der Waals surface area contributed by atoms with Crippen LogP contribution in [0.15, 0.2) is 18.2 Å². The van der Waals surface area contributed by atoms with E-state index in [0.717, 1.165) is 0 Å². The molecule has 2 bridgehead atoms. The molecule has 1 radical (unpaired) electrons. The van der Waals surface area contributed by atoms with Gasteiger partial charge in [-0.15, -0.1) is 0 Å². The Morgan fingerprint density at radius 3 is 1.38 bits per heavy atom. The minimum atomic E-state index is -1.17. The number of pyridine rings is 1. The molecule has 1 aliphatic rings. The van der Waals surface area contributed by atoms with Crippen LogP contribution in [-0.2, 0) is 54.1 Å². The molecular weight excluding hydrogens is 769 g/mol. The summed E-state index contributed by atoms with van der Waals surface area (Å²) in [6, 6.07) is 2.91. The summed E-state index contributed by atoms with van der Waals surface area (Å²) in [7, 11) is 0. The van der Waals surface area contributed by atoms with E-state index >= 15 is 0 Å². The molecule has 3 amide bonds. The van der Waals surface area contributed by atoms with Crippen LogP contribution in [0.4, 0.5) is 0 Å². The Kier molecular flexibility index (Phi) is 24.6. The largest absolute Gasteiger partial charge is 0.480 e. The average Bonchev–Trinajstić information content (AvgIpc) is 3.14. The Labute approximate surface area is 330 Å². The molecular formula is C34H57MnN7O13. The zero-order valence-corrected chi connectivity index (χ0v) is 32.0. The minimum absolute atomic E-state index is 0. The van der Waals surface area contributed by atoms with Crippen LogP contribution in [0.25, 0.3) is 0 Å². The van der Waals surface area contributed by atoms with Crippen LogP contribution >= 0.6 is 0 Å². The fourth-order valence-corrected chi connectivity index (χ4v) is 5.76. The van der Waals surface area contributed by atoms with Crippen molar-refractivity contribution in [2.45, 2.75) is 82.0 Å². The number of aliphatic hydroxyl groups excluding tert-OH is 6. The van der Waals surface area contributed by atoms with Crippen molar-refractivity contribution in [3.8, 4) is 0 Å². The predicted octanol–water partition coefficient (Wildman–Crippen LogP) is -4.35. The van der Waals surface area contributed by atoms with Crippen LogP contribution in [0, 0.1) is 0 Å². The molecule has 0 saturated heterocycles. The van der Waals surface area contributed by atoms with Gasteiger partial charge in [-0.05, 0) is 37.9 Å². The molecule has 0 spiro atoms. The molecule has 20 nitrogen and oxygen atoms in total. The van der Waals surface area contributed by atoms with Gasteiger partial charge in [-0.25, -0.2) is 0 Å². The number of carboxylic acid groups (broad SMARTS) is 2. The van der Waals surface area contributed by atoms with Crippen LogP contribution in [0.1, 0.15) is 49.9 Å². The molecule has 55 heavy (non-hydrogen) atoms. The normalized spacial score (nSPS) is 17.2. The topological polar surface area (TPSA) is 306 Å². The Morgan fingerprint density at radius 2 is 1.02 bits per heavy atom. The molecule has 0 aliphatic carbocycles. The van der Waals surface area contributed by atoms with Gasteiger partial charge in [0.25, 0.3) is 0 Å². The Bertz CT molecular complexity index is 1260. The number of aliphatic hydroxyl groups is 6. The zero-order valence-electron chi connectivity index (χ0n) is 30.8. The number of carbonyl (C=O) groups is 5. The van der Waals surface area contributed by atoms with E-state index < -0.39 is 74.0 Å². The number of nitrogens with zero attached hydrogens (tertiary/aromatic N) is 4. The van der Waals surface area contributed by atoms with Gasteiger partial charge in [0.1, 0.15) is 12.1 Å². The van der Waals surface area contributed by atoms with Gasteiger partial charge >= 0.3 is 11.9 Å². The molecule has 1 aromatic rings. The smallest absolute Gasteiger partial charge is 0.320 e. The van der Waals surface area contributed by atoms with Crippen molar-refractivity contribution >= 4 is 29.7 Å². The first-order chi connectivity index (χ1) is 25.8. The molecule has 313 valence electrons. The van der Waals surface area contributed by atoms with Crippen LogP contribution in [0.5, 0.6) is 0 Å². The molecule has 11 N–H and O–H groups in total. The third kappa shape index (κ3) is 19.9. The fraction of sp³-hybridized carbons (Fsp3) is 0.706. The van der Waals surface area contributed by atoms with Crippen molar-refractivity contribution in [3.05, 3.63) is 29.6 Å². The van der Waals surface area contributed by atoms with Crippen molar-refractivity contribution in [1.82, 2.24) is 35.6 Å². The molecule has 0 saturated carbocycles. The first-order valence-electron chi connectivity index (χ1n) is 18.0. The van der Waals surface area contributed by atoms with Crippen molar-refractivity contribution < 1.29 is 81.9 Å². The Morgan fingerprint density at radius 1 is 0.636 bits per heavy atom. The van der Waals surface area contributed by atoms with Crippen LogP contribution in [-0.4, -0.2) is 193 Å². The predicted molar refractivity (Wildman–Crippen MR) is 190 cm³/mol. The van der Waals surface area contributed by atoms with Crippen molar-refractivity contribution in [2.75, 3.05) is 72.2 Å². The standard InChI is InChI=1S/C34H57N7O13.Mn/c42-20-25(45)15-35-30(48)5-2-10-39-11-13-40(28(33(51)52)6-8-31(49)36-16-26(46)21-43)18-23-3-1-4-24(38-23)19-41(14-12-39)29(34(53)54)7-9-32(50)37-17-27(47)22-44;/h1,3-4,25-29,42-47H,2,5-22H2,(H,35,48)(H,36,49)(H,37,50)(H,51,52)(H,53,54);. The number of amides is 3. The minimum Gasteiger partial charge on any atom is -0.480 e. The number of hydrogen-bond donors (Lipinski definition) is 11. The number of aromatic nitrogens is 1. The number of fused-ring (bicyclic) bond motifs is 2. The van der Waals surface area contributed by atoms with Gasteiger partial charge in [-0.3, -0.25) is 38.8 Å². The van der Waals surface area contributed by atoms with Gasteiger partial charge < -0.3 is 61.7 Å². The number of rotatable bonds is 23. The third-order valence-corrected chi connectivity index (χ3v) is 8.86. The Hall–Kier alpha value is -3.34. The summed E-state index contributed by atoms with van der Waals surface area (Å²) in [6.07, 6.45) is -3.47. The molecule has 21 heteroatoms. The summed E-state index contributed by atoms with van der Waals surface area (Å²) in [5.41, 5.74) is 0.994. The molecule has 5 atom stereocenters. The molecule has 0 fully saturated rings. The fourth-order valence-electron chi connectivity index (χ4n) is 5.76. The van der Waals surface area contributed by atoms with E-state index in [1.54, 1.807) is 28.0 Å².